The van der Waals surface area contributed by atoms with Gasteiger partial charge in [0.1, 0.15) is 5.82 Å². The van der Waals surface area contributed by atoms with Gasteiger partial charge >= 0.3 is 0 Å². The number of thioether (sulfide) groups is 1. The molecule has 0 amide bonds. The van der Waals surface area contributed by atoms with E-state index in [0.29, 0.717) is 5.88 Å². The number of benzene rings is 1. The van der Waals surface area contributed by atoms with Crippen molar-refractivity contribution in [3.05, 3.63) is 29.6 Å². The van der Waals surface area contributed by atoms with Crippen molar-refractivity contribution in [3.63, 3.8) is 0 Å². The fraction of sp³-hybridized carbons (Fsp3) is 0.562. The molecule has 0 bridgehead atoms. The van der Waals surface area contributed by atoms with Gasteiger partial charge in [-0.3, -0.25) is 0 Å². The molecule has 2 aromatic rings. The molecule has 0 N–H and O–H groups in total. The molecular weight excluding hydrogens is 288 g/mol. The molecule has 0 atom stereocenters. The van der Waals surface area contributed by atoms with Crippen molar-refractivity contribution in [2.75, 3.05) is 12.0 Å². The minimum Gasteiger partial charge on any atom is -0.327 e. The number of unbranched alkanes of at least 4 members (excludes halogenated alkanes) is 3. The van der Waals surface area contributed by atoms with E-state index in [2.05, 4.69) is 40.9 Å². The highest BCUT2D eigenvalue weighted by atomic mass is 35.5. The molecule has 0 spiro atoms. The number of aromatic nitrogens is 2. The number of para-hydroxylation sites is 1. The zero-order chi connectivity index (χ0) is 14.4. The van der Waals surface area contributed by atoms with Gasteiger partial charge in [-0.25, -0.2) is 4.98 Å². The summed E-state index contributed by atoms with van der Waals surface area (Å²) in [5, 5.41) is 0. The Kier molecular flexibility index (Phi) is 6.24. The molecule has 0 aliphatic carbocycles. The summed E-state index contributed by atoms with van der Waals surface area (Å²) in [5.74, 6) is 2.76. The lowest BCUT2D eigenvalue weighted by molar-refractivity contribution is 0.582. The Bertz CT molecular complexity index is 551. The number of rotatable bonds is 8. The van der Waals surface area contributed by atoms with Crippen LogP contribution in [0.15, 0.2) is 18.2 Å². The normalized spacial score (nSPS) is 11.3. The van der Waals surface area contributed by atoms with Gasteiger partial charge in [0, 0.05) is 6.54 Å². The van der Waals surface area contributed by atoms with Crippen LogP contribution in [0.2, 0.25) is 0 Å². The first-order chi connectivity index (χ1) is 9.77. The highest BCUT2D eigenvalue weighted by molar-refractivity contribution is 7.98. The van der Waals surface area contributed by atoms with E-state index in [0.717, 1.165) is 17.9 Å². The molecule has 0 aliphatic rings. The monoisotopic (exact) mass is 310 g/mol. The summed E-state index contributed by atoms with van der Waals surface area (Å²) in [7, 11) is 0. The molecule has 0 radical (unpaired) electrons. The van der Waals surface area contributed by atoms with Crippen LogP contribution in [-0.2, 0) is 12.4 Å². The maximum Gasteiger partial charge on any atom is 0.124 e. The third-order valence-corrected chi connectivity index (χ3v) is 4.60. The van der Waals surface area contributed by atoms with Crippen LogP contribution in [0.1, 0.15) is 37.1 Å². The standard InChI is InChI=1S/C16H23ClN2S/c1-13-8-7-9-14-16(13)18-15(12-17)19(14)10-5-3-4-6-11-20-2/h7-9H,3-6,10-12H2,1-2H3. The second kappa shape index (κ2) is 7.94. The fourth-order valence-electron chi connectivity index (χ4n) is 2.56. The molecule has 0 fully saturated rings. The van der Waals surface area contributed by atoms with Crippen molar-refractivity contribution in [1.29, 1.82) is 0 Å². The highest BCUT2D eigenvalue weighted by Crippen LogP contribution is 2.21. The predicted molar refractivity (Wildman–Crippen MR) is 90.9 cm³/mol. The molecule has 1 heterocycles. The average molecular weight is 311 g/mol. The first-order valence-electron chi connectivity index (χ1n) is 7.27. The Morgan fingerprint density at radius 2 is 2.00 bits per heavy atom. The number of aryl methyl sites for hydroxylation is 2. The molecular formula is C16H23ClN2S. The first-order valence-corrected chi connectivity index (χ1v) is 9.20. The molecule has 4 heteroatoms. The van der Waals surface area contributed by atoms with E-state index < -0.39 is 0 Å². The Hall–Kier alpha value is -0.670. The lowest BCUT2D eigenvalue weighted by Crippen LogP contribution is -2.02. The van der Waals surface area contributed by atoms with Gasteiger partial charge in [-0.05, 0) is 43.4 Å². The minimum absolute atomic E-state index is 0.487. The second-order valence-electron chi connectivity index (χ2n) is 5.16. The van der Waals surface area contributed by atoms with Crippen molar-refractivity contribution in [1.82, 2.24) is 9.55 Å². The molecule has 2 rings (SSSR count). The van der Waals surface area contributed by atoms with E-state index in [1.807, 2.05) is 11.8 Å². The van der Waals surface area contributed by atoms with Gasteiger partial charge in [0.05, 0.1) is 16.9 Å². The number of halogens is 1. The van der Waals surface area contributed by atoms with Crippen LogP contribution in [0.5, 0.6) is 0 Å². The molecule has 1 aromatic heterocycles. The predicted octanol–water partition coefficient (Wildman–Crippen LogP) is 5.01. The van der Waals surface area contributed by atoms with Crippen LogP contribution in [-0.4, -0.2) is 21.6 Å². The van der Waals surface area contributed by atoms with Crippen LogP contribution in [0.3, 0.4) is 0 Å². The van der Waals surface area contributed by atoms with Crippen molar-refractivity contribution in [2.45, 2.75) is 45.0 Å². The number of hydrogen-bond donors (Lipinski definition) is 0. The third-order valence-electron chi connectivity index (χ3n) is 3.66. The Morgan fingerprint density at radius 3 is 2.75 bits per heavy atom. The van der Waals surface area contributed by atoms with Gasteiger partial charge in [-0.15, -0.1) is 11.6 Å². The van der Waals surface area contributed by atoms with Gasteiger partial charge < -0.3 is 4.57 Å². The lowest BCUT2D eigenvalue weighted by atomic mass is 10.2. The van der Waals surface area contributed by atoms with Crippen molar-refractivity contribution in [2.24, 2.45) is 0 Å². The molecule has 0 unspecified atom stereocenters. The van der Waals surface area contributed by atoms with Gasteiger partial charge in [-0.2, -0.15) is 11.8 Å². The summed E-state index contributed by atoms with van der Waals surface area (Å²) in [5.41, 5.74) is 3.56. The summed E-state index contributed by atoms with van der Waals surface area (Å²) in [6.07, 6.45) is 7.31. The third kappa shape index (κ3) is 3.70. The topological polar surface area (TPSA) is 17.8 Å². The van der Waals surface area contributed by atoms with E-state index >= 15 is 0 Å². The zero-order valence-corrected chi connectivity index (χ0v) is 13.9. The quantitative estimate of drug-likeness (QED) is 0.504. The van der Waals surface area contributed by atoms with Gasteiger partial charge in [0.25, 0.3) is 0 Å². The average Bonchev–Trinajstić information content (AvgIpc) is 2.82. The number of nitrogens with zero attached hydrogens (tertiary/aromatic N) is 2. The SMILES string of the molecule is CSCCCCCCn1c(CCl)nc2c(C)cccc21. The van der Waals surface area contributed by atoms with Gasteiger partial charge in [-0.1, -0.05) is 25.0 Å². The van der Waals surface area contributed by atoms with Crippen molar-refractivity contribution in [3.8, 4) is 0 Å². The molecule has 20 heavy (non-hydrogen) atoms. The van der Waals surface area contributed by atoms with Crippen molar-refractivity contribution < 1.29 is 0 Å². The molecule has 2 nitrogen and oxygen atoms in total. The van der Waals surface area contributed by atoms with E-state index in [9.17, 15) is 0 Å². The maximum absolute atomic E-state index is 6.05. The largest absolute Gasteiger partial charge is 0.327 e. The van der Waals surface area contributed by atoms with Crippen LogP contribution >= 0.6 is 23.4 Å². The molecule has 0 saturated heterocycles. The number of hydrogen-bond acceptors (Lipinski definition) is 2. The van der Waals surface area contributed by atoms with Gasteiger partial charge in [0.15, 0.2) is 0 Å². The molecule has 1 aromatic carbocycles. The summed E-state index contributed by atoms with van der Waals surface area (Å²) < 4.78 is 2.30. The molecule has 0 aliphatic heterocycles. The molecule has 110 valence electrons. The molecule has 0 saturated carbocycles. The number of imidazole rings is 1. The fourth-order valence-corrected chi connectivity index (χ4v) is 3.25. The summed E-state index contributed by atoms with van der Waals surface area (Å²) in [6, 6.07) is 6.37. The Labute approximate surface area is 130 Å². The van der Waals surface area contributed by atoms with Crippen molar-refractivity contribution >= 4 is 34.4 Å². The Morgan fingerprint density at radius 1 is 1.20 bits per heavy atom. The summed E-state index contributed by atoms with van der Waals surface area (Å²) in [4.78, 5) is 4.69. The van der Waals surface area contributed by atoms with E-state index in [1.54, 1.807) is 0 Å². The van der Waals surface area contributed by atoms with E-state index in [-0.39, 0.29) is 0 Å². The smallest absolute Gasteiger partial charge is 0.124 e. The maximum atomic E-state index is 6.05. The minimum atomic E-state index is 0.487. The van der Waals surface area contributed by atoms with E-state index in [4.69, 9.17) is 11.6 Å². The highest BCUT2D eigenvalue weighted by Gasteiger charge is 2.10. The van der Waals surface area contributed by atoms with Crippen LogP contribution < -0.4 is 0 Å². The zero-order valence-electron chi connectivity index (χ0n) is 12.4. The first kappa shape index (κ1) is 15.7. The lowest BCUT2D eigenvalue weighted by Gasteiger charge is -2.07. The second-order valence-corrected chi connectivity index (χ2v) is 6.42. The van der Waals surface area contributed by atoms with Crippen LogP contribution in [0.25, 0.3) is 11.0 Å². The summed E-state index contributed by atoms with van der Waals surface area (Å²) in [6.45, 7) is 3.14. The van der Waals surface area contributed by atoms with Crippen LogP contribution in [0.4, 0.5) is 0 Å². The number of alkyl halides is 1. The summed E-state index contributed by atoms with van der Waals surface area (Å²) >= 11 is 7.99. The number of fused-ring (bicyclic) bond motifs is 1. The van der Waals surface area contributed by atoms with E-state index in [1.165, 1.54) is 42.5 Å². The Balaban J connectivity index is 2.03. The van der Waals surface area contributed by atoms with Crippen LogP contribution in [0, 0.1) is 6.92 Å². The van der Waals surface area contributed by atoms with Gasteiger partial charge in [0.2, 0.25) is 0 Å².